The number of rotatable bonds is 10. The van der Waals surface area contributed by atoms with Crippen LogP contribution in [0.15, 0.2) is 18.3 Å². The molecule has 3 rings (SSSR count). The molecule has 2 fully saturated rings. The second-order valence-corrected chi connectivity index (χ2v) is 9.55. The van der Waals surface area contributed by atoms with Crippen molar-refractivity contribution in [2.24, 2.45) is 17.6 Å². The summed E-state index contributed by atoms with van der Waals surface area (Å²) >= 11 is 1.62. The van der Waals surface area contributed by atoms with Gasteiger partial charge in [0.05, 0.1) is 12.1 Å². The van der Waals surface area contributed by atoms with Gasteiger partial charge in [-0.2, -0.15) is 11.8 Å². The van der Waals surface area contributed by atoms with E-state index in [4.69, 9.17) is 10.5 Å². The number of aromatic nitrogens is 1. The van der Waals surface area contributed by atoms with Crippen LogP contribution < -0.4 is 10.5 Å². The second-order valence-electron chi connectivity index (χ2n) is 8.48. The zero-order valence-corrected chi connectivity index (χ0v) is 17.4. The van der Waals surface area contributed by atoms with E-state index in [1.807, 2.05) is 0 Å². The standard InChI is InChI=1S/C21H32N2O4S/c1-14-2-6-17(7-3-14)27-18-8-9-23-16(10-18)11-21(26,20(24)25)19(22)13-28-12-15-4-5-15/h8-10,14-15,17,19,26H,2-7,11-13,22H2,1H3,(H,24,25)/t14?,17?,19-,21+/m0/s1. The molecule has 0 aromatic carbocycles. The van der Waals surface area contributed by atoms with E-state index in [1.165, 1.54) is 12.8 Å². The maximum atomic E-state index is 11.8. The predicted octanol–water partition coefficient (Wildman–Crippen LogP) is 2.87. The smallest absolute Gasteiger partial charge is 0.337 e. The maximum Gasteiger partial charge on any atom is 0.337 e. The Morgan fingerprint density at radius 1 is 1.36 bits per heavy atom. The molecule has 7 heteroatoms. The van der Waals surface area contributed by atoms with Gasteiger partial charge in [-0.1, -0.05) is 6.92 Å². The molecule has 2 aliphatic rings. The fourth-order valence-corrected chi connectivity index (χ4v) is 4.92. The number of carboxylic acids is 1. The predicted molar refractivity (Wildman–Crippen MR) is 111 cm³/mol. The van der Waals surface area contributed by atoms with Crippen LogP contribution in [-0.4, -0.2) is 50.4 Å². The number of ether oxygens (including phenoxy) is 1. The van der Waals surface area contributed by atoms with Gasteiger partial charge in [-0.15, -0.1) is 0 Å². The third kappa shape index (κ3) is 5.84. The van der Waals surface area contributed by atoms with Crippen molar-refractivity contribution in [2.45, 2.75) is 69.6 Å². The fourth-order valence-electron chi connectivity index (χ4n) is 3.59. The van der Waals surface area contributed by atoms with E-state index in [9.17, 15) is 15.0 Å². The number of aliphatic hydroxyl groups is 1. The van der Waals surface area contributed by atoms with Crippen LogP contribution in [0, 0.1) is 11.8 Å². The first-order chi connectivity index (χ1) is 13.4. The van der Waals surface area contributed by atoms with Gasteiger partial charge < -0.3 is 20.7 Å². The van der Waals surface area contributed by atoms with Crippen LogP contribution in [0.25, 0.3) is 0 Å². The van der Waals surface area contributed by atoms with Crippen molar-refractivity contribution in [1.82, 2.24) is 4.98 Å². The Balaban J connectivity index is 1.60. The lowest BCUT2D eigenvalue weighted by Crippen LogP contribution is -2.57. The molecular weight excluding hydrogens is 376 g/mol. The molecule has 1 aromatic heterocycles. The van der Waals surface area contributed by atoms with Gasteiger partial charge in [-0.25, -0.2) is 4.79 Å². The van der Waals surface area contributed by atoms with E-state index in [-0.39, 0.29) is 12.5 Å². The van der Waals surface area contributed by atoms with Gasteiger partial charge in [0.1, 0.15) is 5.75 Å². The SMILES string of the molecule is CC1CCC(Oc2ccnc(C[C@](O)(C(=O)O)[C@@H](N)CSCC3CC3)c2)CC1. The van der Waals surface area contributed by atoms with Gasteiger partial charge in [0.25, 0.3) is 0 Å². The topological polar surface area (TPSA) is 106 Å². The number of thioether (sulfide) groups is 1. The lowest BCUT2D eigenvalue weighted by Gasteiger charge is -2.30. The van der Waals surface area contributed by atoms with Gasteiger partial charge >= 0.3 is 5.97 Å². The molecule has 0 aliphatic heterocycles. The number of nitrogens with two attached hydrogens (primary N) is 1. The minimum atomic E-state index is -2.04. The van der Waals surface area contributed by atoms with Crippen LogP contribution in [0.3, 0.4) is 0 Å². The van der Waals surface area contributed by atoms with Crippen LogP contribution in [0.2, 0.25) is 0 Å². The monoisotopic (exact) mass is 408 g/mol. The van der Waals surface area contributed by atoms with Crippen LogP contribution in [-0.2, 0) is 11.2 Å². The summed E-state index contributed by atoms with van der Waals surface area (Å²) in [5.74, 6) is 2.24. The molecule has 2 aliphatic carbocycles. The van der Waals surface area contributed by atoms with E-state index in [0.717, 1.165) is 43.3 Å². The van der Waals surface area contributed by atoms with E-state index in [0.29, 0.717) is 17.2 Å². The summed E-state index contributed by atoms with van der Waals surface area (Å²) < 4.78 is 6.07. The van der Waals surface area contributed by atoms with Crippen LogP contribution in [0.4, 0.5) is 0 Å². The first kappa shape index (κ1) is 21.4. The molecule has 1 aromatic rings. The minimum Gasteiger partial charge on any atom is -0.490 e. The molecular formula is C21H32N2O4S. The molecule has 28 heavy (non-hydrogen) atoms. The van der Waals surface area contributed by atoms with Crippen molar-refractivity contribution in [3.63, 3.8) is 0 Å². The summed E-state index contributed by atoms with van der Waals surface area (Å²) in [7, 11) is 0. The molecule has 4 N–H and O–H groups in total. The van der Waals surface area contributed by atoms with E-state index < -0.39 is 17.6 Å². The zero-order chi connectivity index (χ0) is 20.1. The summed E-state index contributed by atoms with van der Waals surface area (Å²) in [5.41, 5.74) is 4.54. The van der Waals surface area contributed by atoms with Gasteiger partial charge in [0, 0.05) is 30.1 Å². The van der Waals surface area contributed by atoms with Crippen molar-refractivity contribution in [3.8, 4) is 5.75 Å². The molecule has 0 unspecified atom stereocenters. The van der Waals surface area contributed by atoms with E-state index >= 15 is 0 Å². The number of aliphatic carboxylic acids is 1. The lowest BCUT2D eigenvalue weighted by atomic mass is 9.89. The molecule has 0 radical (unpaired) electrons. The molecule has 1 heterocycles. The number of nitrogens with zero attached hydrogens (tertiary/aromatic N) is 1. The third-order valence-corrected chi connectivity index (χ3v) is 7.14. The Morgan fingerprint density at radius 2 is 2.07 bits per heavy atom. The van der Waals surface area contributed by atoms with Crippen LogP contribution in [0.5, 0.6) is 5.75 Å². The first-order valence-electron chi connectivity index (χ1n) is 10.3. The molecule has 0 saturated heterocycles. The molecule has 2 atom stereocenters. The quantitative estimate of drug-likeness (QED) is 0.546. The summed E-state index contributed by atoms with van der Waals surface area (Å²) in [6, 6.07) is 2.66. The van der Waals surface area contributed by atoms with Crippen molar-refractivity contribution in [3.05, 3.63) is 24.0 Å². The summed E-state index contributed by atoms with van der Waals surface area (Å²) in [6.45, 7) is 2.26. The van der Waals surface area contributed by atoms with Gasteiger partial charge in [-0.05, 0) is 62.2 Å². The number of hydrogen-bond acceptors (Lipinski definition) is 6. The highest BCUT2D eigenvalue weighted by molar-refractivity contribution is 7.99. The summed E-state index contributed by atoms with van der Waals surface area (Å²) in [5, 5.41) is 20.5. The van der Waals surface area contributed by atoms with Crippen molar-refractivity contribution in [2.75, 3.05) is 11.5 Å². The second kappa shape index (κ2) is 9.46. The van der Waals surface area contributed by atoms with Gasteiger partial charge in [0.2, 0.25) is 0 Å². The highest BCUT2D eigenvalue weighted by atomic mass is 32.2. The molecule has 0 spiro atoms. The molecule has 0 bridgehead atoms. The minimum absolute atomic E-state index is 0.133. The lowest BCUT2D eigenvalue weighted by molar-refractivity contribution is -0.160. The number of carbonyl (C=O) groups is 1. The van der Waals surface area contributed by atoms with Crippen LogP contribution in [0.1, 0.15) is 51.1 Å². The summed E-state index contributed by atoms with van der Waals surface area (Å²) in [4.78, 5) is 16.1. The Hall–Kier alpha value is -1.31. The highest BCUT2D eigenvalue weighted by Crippen LogP contribution is 2.33. The molecule has 2 saturated carbocycles. The molecule has 6 nitrogen and oxygen atoms in total. The third-order valence-electron chi connectivity index (χ3n) is 5.84. The van der Waals surface area contributed by atoms with Crippen molar-refractivity contribution in [1.29, 1.82) is 0 Å². The molecule has 0 amide bonds. The molecule has 156 valence electrons. The Labute approximate surface area is 171 Å². The Kier molecular flexibility index (Phi) is 7.23. The van der Waals surface area contributed by atoms with E-state index in [1.54, 1.807) is 30.1 Å². The summed E-state index contributed by atoms with van der Waals surface area (Å²) in [6.07, 6.45) is 8.51. The number of carboxylic acid groups (broad SMARTS) is 1. The van der Waals surface area contributed by atoms with Crippen LogP contribution >= 0.6 is 11.8 Å². The Morgan fingerprint density at radius 3 is 2.71 bits per heavy atom. The average molecular weight is 409 g/mol. The zero-order valence-electron chi connectivity index (χ0n) is 16.5. The van der Waals surface area contributed by atoms with Crippen molar-refractivity contribution >= 4 is 17.7 Å². The van der Waals surface area contributed by atoms with Crippen molar-refractivity contribution < 1.29 is 19.7 Å². The fraction of sp³-hybridized carbons (Fsp3) is 0.714. The van der Waals surface area contributed by atoms with E-state index in [2.05, 4.69) is 11.9 Å². The first-order valence-corrected chi connectivity index (χ1v) is 11.4. The van der Waals surface area contributed by atoms with Gasteiger partial charge in [-0.3, -0.25) is 4.98 Å². The number of pyridine rings is 1. The Bertz CT molecular complexity index is 662. The average Bonchev–Trinajstić information content (AvgIpc) is 3.48. The largest absolute Gasteiger partial charge is 0.490 e. The highest BCUT2D eigenvalue weighted by Gasteiger charge is 2.43. The normalized spacial score (nSPS) is 25.7. The number of hydrogen-bond donors (Lipinski definition) is 3. The van der Waals surface area contributed by atoms with Gasteiger partial charge in [0.15, 0.2) is 5.60 Å². The maximum absolute atomic E-state index is 11.8.